The molecule has 0 spiro atoms. The Bertz CT molecular complexity index is 595. The Morgan fingerprint density at radius 1 is 1.42 bits per heavy atom. The van der Waals surface area contributed by atoms with E-state index >= 15 is 0 Å². The largest absolute Gasteiger partial charge is 0.398 e. The van der Waals surface area contributed by atoms with E-state index in [0.29, 0.717) is 16.5 Å². The van der Waals surface area contributed by atoms with Crippen LogP contribution in [0.1, 0.15) is 5.69 Å². The molecule has 0 atom stereocenters. The number of anilines is 2. The predicted molar refractivity (Wildman–Crippen MR) is 75.1 cm³/mol. The summed E-state index contributed by atoms with van der Waals surface area (Å²) in [7, 11) is 1.37. The Morgan fingerprint density at radius 2 is 2.16 bits per heavy atom. The van der Waals surface area contributed by atoms with Gasteiger partial charge in [0.15, 0.2) is 10.8 Å². The molecule has 6 nitrogen and oxygen atoms in total. The number of rotatable bonds is 4. The molecule has 19 heavy (non-hydrogen) atoms. The molecule has 1 amide bonds. The summed E-state index contributed by atoms with van der Waals surface area (Å²) in [6.45, 7) is 0. The lowest BCUT2D eigenvalue weighted by Gasteiger charge is -2.05. The smallest absolute Gasteiger partial charge is 0.280 e. The van der Waals surface area contributed by atoms with Crippen molar-refractivity contribution < 1.29 is 9.63 Å². The van der Waals surface area contributed by atoms with Gasteiger partial charge in [-0.2, -0.15) is 0 Å². The molecular weight excluding hydrogens is 264 g/mol. The van der Waals surface area contributed by atoms with Crippen molar-refractivity contribution in [3.63, 3.8) is 0 Å². The lowest BCUT2D eigenvalue weighted by molar-refractivity contribution is -0.110. The summed E-state index contributed by atoms with van der Waals surface area (Å²) >= 11 is 1.23. The molecule has 3 N–H and O–H groups in total. The molecule has 7 heteroatoms. The van der Waals surface area contributed by atoms with Crippen molar-refractivity contribution in [2.45, 2.75) is 0 Å². The van der Waals surface area contributed by atoms with Gasteiger partial charge in [-0.1, -0.05) is 23.4 Å². The summed E-state index contributed by atoms with van der Waals surface area (Å²) in [4.78, 5) is 20.8. The molecule has 1 aromatic heterocycles. The van der Waals surface area contributed by atoms with E-state index in [2.05, 4.69) is 20.3 Å². The maximum atomic E-state index is 12.1. The van der Waals surface area contributed by atoms with Crippen LogP contribution in [0.2, 0.25) is 0 Å². The second kappa shape index (κ2) is 5.96. The first-order valence-corrected chi connectivity index (χ1v) is 6.27. The highest BCUT2D eigenvalue weighted by Gasteiger charge is 2.18. The number of nitrogen functional groups attached to an aromatic ring is 1. The first-order valence-electron chi connectivity index (χ1n) is 5.39. The number of carbonyl (C=O) groups is 1. The van der Waals surface area contributed by atoms with E-state index in [1.165, 1.54) is 18.4 Å². The highest BCUT2D eigenvalue weighted by Crippen LogP contribution is 2.13. The van der Waals surface area contributed by atoms with Gasteiger partial charge in [0.1, 0.15) is 12.8 Å². The molecule has 98 valence electrons. The molecule has 0 saturated carbocycles. The van der Waals surface area contributed by atoms with Crippen molar-refractivity contribution in [1.82, 2.24) is 4.98 Å². The minimum Gasteiger partial charge on any atom is -0.398 e. The average Bonchev–Trinajstić information content (AvgIpc) is 2.83. The molecule has 0 unspecified atom stereocenters. The van der Waals surface area contributed by atoms with Crippen molar-refractivity contribution in [2.24, 2.45) is 5.16 Å². The Labute approximate surface area is 113 Å². The number of hydrogen-bond donors (Lipinski definition) is 2. The summed E-state index contributed by atoms with van der Waals surface area (Å²) < 4.78 is 0. The summed E-state index contributed by atoms with van der Waals surface area (Å²) in [6, 6.07) is 9.06. The number of hydrogen-bond acceptors (Lipinski definition) is 6. The second-order valence-electron chi connectivity index (χ2n) is 3.51. The van der Waals surface area contributed by atoms with Crippen molar-refractivity contribution in [1.29, 1.82) is 0 Å². The molecule has 0 radical (unpaired) electrons. The van der Waals surface area contributed by atoms with E-state index < -0.39 is 5.91 Å². The van der Waals surface area contributed by atoms with E-state index in [4.69, 9.17) is 5.73 Å². The average molecular weight is 276 g/mol. The monoisotopic (exact) mass is 276 g/mol. The van der Waals surface area contributed by atoms with Crippen molar-refractivity contribution >= 4 is 33.8 Å². The van der Waals surface area contributed by atoms with E-state index in [1.54, 1.807) is 17.5 Å². The summed E-state index contributed by atoms with van der Waals surface area (Å²) in [5.41, 5.74) is 6.68. The quantitative estimate of drug-likeness (QED) is 0.657. The zero-order chi connectivity index (χ0) is 13.7. The second-order valence-corrected chi connectivity index (χ2v) is 4.40. The fourth-order valence-corrected chi connectivity index (χ4v) is 1.95. The van der Waals surface area contributed by atoms with Gasteiger partial charge in [-0.05, 0) is 12.1 Å². The van der Waals surface area contributed by atoms with Crippen LogP contribution in [0.3, 0.4) is 0 Å². The highest BCUT2D eigenvalue weighted by molar-refractivity contribution is 7.13. The maximum absolute atomic E-state index is 12.1. The Balaban J connectivity index is 2.21. The molecule has 0 aliphatic rings. The molecule has 0 fully saturated rings. The van der Waals surface area contributed by atoms with Crippen molar-refractivity contribution in [2.75, 3.05) is 18.2 Å². The predicted octanol–water partition coefficient (Wildman–Crippen LogP) is 1.71. The van der Waals surface area contributed by atoms with Gasteiger partial charge in [-0.15, -0.1) is 11.3 Å². The van der Waals surface area contributed by atoms with Gasteiger partial charge in [0.05, 0.1) is 0 Å². The van der Waals surface area contributed by atoms with Crippen LogP contribution in [-0.4, -0.2) is 23.7 Å². The van der Waals surface area contributed by atoms with Crippen LogP contribution in [-0.2, 0) is 9.63 Å². The lowest BCUT2D eigenvalue weighted by Crippen LogP contribution is -2.24. The third-order valence-electron chi connectivity index (χ3n) is 2.19. The van der Waals surface area contributed by atoms with Gasteiger partial charge in [0.2, 0.25) is 0 Å². The molecular formula is C12H12N4O2S. The van der Waals surface area contributed by atoms with E-state index in [9.17, 15) is 4.79 Å². The SMILES string of the molecule is CO/N=C(\C(=O)Nc1ccccc1)c1csc(N)n1. The normalized spacial score (nSPS) is 11.1. The fourth-order valence-electron chi connectivity index (χ4n) is 1.40. The lowest BCUT2D eigenvalue weighted by atomic mass is 10.2. The van der Waals surface area contributed by atoms with Crippen molar-refractivity contribution in [3.8, 4) is 0 Å². The van der Waals surface area contributed by atoms with E-state index in [1.807, 2.05) is 18.2 Å². The van der Waals surface area contributed by atoms with E-state index in [0.717, 1.165) is 0 Å². The highest BCUT2D eigenvalue weighted by atomic mass is 32.1. The molecule has 1 aromatic carbocycles. The molecule has 1 heterocycles. The summed E-state index contributed by atoms with van der Waals surface area (Å²) in [6.07, 6.45) is 0. The zero-order valence-electron chi connectivity index (χ0n) is 10.2. The Kier molecular flexibility index (Phi) is 4.09. The summed E-state index contributed by atoms with van der Waals surface area (Å²) in [5.74, 6) is -0.404. The van der Waals surface area contributed by atoms with Crippen LogP contribution in [0.4, 0.5) is 10.8 Å². The Morgan fingerprint density at radius 3 is 2.74 bits per heavy atom. The van der Waals surface area contributed by atoms with Crippen LogP contribution in [0, 0.1) is 0 Å². The van der Waals surface area contributed by atoms with Gasteiger partial charge in [0, 0.05) is 11.1 Å². The number of nitrogens with two attached hydrogens (primary N) is 1. The third kappa shape index (κ3) is 3.29. The van der Waals surface area contributed by atoms with Gasteiger partial charge in [0.25, 0.3) is 5.91 Å². The van der Waals surface area contributed by atoms with Gasteiger partial charge >= 0.3 is 0 Å². The number of nitrogens with zero attached hydrogens (tertiary/aromatic N) is 2. The molecule has 0 aliphatic heterocycles. The number of thiazole rings is 1. The minimum atomic E-state index is -0.404. The Hall–Kier alpha value is -2.41. The molecule has 0 aliphatic carbocycles. The van der Waals surface area contributed by atoms with E-state index in [-0.39, 0.29) is 5.71 Å². The van der Waals surface area contributed by atoms with Crippen LogP contribution in [0.25, 0.3) is 0 Å². The number of nitrogens with one attached hydrogen (secondary N) is 1. The van der Waals surface area contributed by atoms with Gasteiger partial charge < -0.3 is 15.9 Å². The number of carbonyl (C=O) groups excluding carboxylic acids is 1. The van der Waals surface area contributed by atoms with Crippen molar-refractivity contribution in [3.05, 3.63) is 41.4 Å². The first-order chi connectivity index (χ1) is 9.20. The van der Waals surface area contributed by atoms with Crippen LogP contribution in [0.5, 0.6) is 0 Å². The minimum absolute atomic E-state index is 0.0827. The topological polar surface area (TPSA) is 89.6 Å². The molecule has 2 rings (SSSR count). The molecule has 0 bridgehead atoms. The fraction of sp³-hybridized carbons (Fsp3) is 0.0833. The number of amides is 1. The zero-order valence-corrected chi connectivity index (χ0v) is 11.0. The van der Waals surface area contributed by atoms with Crippen LogP contribution in [0.15, 0.2) is 40.9 Å². The molecule has 0 saturated heterocycles. The van der Waals surface area contributed by atoms with Gasteiger partial charge in [-0.3, -0.25) is 4.79 Å². The summed E-state index contributed by atoms with van der Waals surface area (Å²) in [5, 5.41) is 8.42. The van der Waals surface area contributed by atoms with Crippen LogP contribution >= 0.6 is 11.3 Å². The standard InChI is InChI=1S/C12H12N4O2S/c1-18-16-10(9-7-19-12(13)15-9)11(17)14-8-5-3-2-4-6-8/h2-7H,1H3,(H2,13,15)(H,14,17)/b16-10-. The number of benzene rings is 1. The number of para-hydroxylation sites is 1. The third-order valence-corrected chi connectivity index (χ3v) is 2.87. The maximum Gasteiger partial charge on any atom is 0.280 e. The number of aromatic nitrogens is 1. The molecule has 2 aromatic rings. The number of oxime groups is 1. The van der Waals surface area contributed by atoms with Crippen LogP contribution < -0.4 is 11.1 Å². The van der Waals surface area contributed by atoms with Gasteiger partial charge in [-0.25, -0.2) is 4.98 Å². The first kappa shape index (κ1) is 13.0.